The van der Waals surface area contributed by atoms with Crippen LogP contribution in [0.15, 0.2) is 6.07 Å². The van der Waals surface area contributed by atoms with E-state index in [1.165, 1.54) is 5.69 Å². The number of carboxylic acids is 1. The number of carbonyl (C=O) groups is 1. The van der Waals surface area contributed by atoms with Gasteiger partial charge in [-0.05, 0) is 53.0 Å². The summed E-state index contributed by atoms with van der Waals surface area (Å²) in [6.07, 6.45) is 3.83. The highest BCUT2D eigenvalue weighted by atomic mass is 16.4. The summed E-state index contributed by atoms with van der Waals surface area (Å²) < 4.78 is 3.63. The molecule has 2 aromatic rings. The molecule has 0 bridgehead atoms. The molecule has 0 atom stereocenters. The minimum Gasteiger partial charge on any atom is -0.477 e. The molecule has 0 saturated carbocycles. The van der Waals surface area contributed by atoms with Gasteiger partial charge in [0.2, 0.25) is 0 Å². The van der Waals surface area contributed by atoms with E-state index < -0.39 is 5.97 Å². The third-order valence-corrected chi connectivity index (χ3v) is 4.15. The number of rotatable bonds is 8. The van der Waals surface area contributed by atoms with Crippen LogP contribution in [0.25, 0.3) is 0 Å². The maximum Gasteiger partial charge on any atom is 0.354 e. The summed E-state index contributed by atoms with van der Waals surface area (Å²) in [5.41, 5.74) is 4.31. The van der Waals surface area contributed by atoms with Gasteiger partial charge >= 0.3 is 5.97 Å². The van der Waals surface area contributed by atoms with Crippen molar-refractivity contribution in [2.75, 3.05) is 0 Å². The van der Waals surface area contributed by atoms with Crippen LogP contribution in [0, 0.1) is 20.8 Å². The van der Waals surface area contributed by atoms with Crippen molar-refractivity contribution in [1.29, 1.82) is 0 Å². The molecule has 126 valence electrons. The normalized spacial score (nSPS) is 11.1. The maximum atomic E-state index is 11.5. The van der Waals surface area contributed by atoms with Gasteiger partial charge in [0.15, 0.2) is 0 Å². The van der Waals surface area contributed by atoms with Crippen LogP contribution in [-0.2, 0) is 19.5 Å². The fraction of sp³-hybridized carbons (Fsp3) is 0.588. The molecule has 0 saturated heterocycles. The van der Waals surface area contributed by atoms with E-state index in [0.29, 0.717) is 12.2 Å². The average Bonchev–Trinajstić information content (AvgIpc) is 2.98. The lowest BCUT2D eigenvalue weighted by molar-refractivity contribution is 0.0682. The van der Waals surface area contributed by atoms with Crippen molar-refractivity contribution in [3.8, 4) is 0 Å². The number of unbranched alkanes of at least 4 members (excludes halogenated alkanes) is 2. The molecular weight excluding hydrogens is 292 g/mol. The highest BCUT2D eigenvalue weighted by Gasteiger charge is 2.19. The minimum absolute atomic E-state index is 0.351. The molecule has 0 amide bonds. The first kappa shape index (κ1) is 17.2. The van der Waals surface area contributed by atoms with Crippen molar-refractivity contribution in [2.45, 2.75) is 66.5 Å². The number of carboxylic acid groups (broad SMARTS) is 1. The maximum absolute atomic E-state index is 11.5. The Morgan fingerprint density at radius 1 is 1.13 bits per heavy atom. The summed E-state index contributed by atoms with van der Waals surface area (Å²) in [6.45, 7) is 9.38. The first-order valence-electron chi connectivity index (χ1n) is 8.24. The monoisotopic (exact) mass is 318 g/mol. The van der Waals surface area contributed by atoms with Crippen LogP contribution in [0.2, 0.25) is 0 Å². The molecule has 0 aromatic carbocycles. The van der Waals surface area contributed by atoms with E-state index in [9.17, 15) is 9.90 Å². The largest absolute Gasteiger partial charge is 0.477 e. The van der Waals surface area contributed by atoms with E-state index in [1.807, 2.05) is 25.5 Å². The lowest BCUT2D eigenvalue weighted by Crippen LogP contribution is -2.10. The number of hydrogen-bond acceptors (Lipinski definition) is 3. The molecule has 1 N–H and O–H groups in total. The Kier molecular flexibility index (Phi) is 5.58. The summed E-state index contributed by atoms with van der Waals surface area (Å²) in [6, 6.07) is 2.08. The van der Waals surface area contributed by atoms with Crippen molar-refractivity contribution >= 4 is 5.97 Å². The number of aromatic carboxylic acids is 1. The Morgan fingerprint density at radius 3 is 2.43 bits per heavy atom. The Labute approximate surface area is 137 Å². The lowest BCUT2D eigenvalue weighted by atomic mass is 10.0. The molecule has 0 aliphatic rings. The summed E-state index contributed by atoms with van der Waals surface area (Å²) in [4.78, 5) is 11.5. The molecule has 0 fully saturated rings. The first-order chi connectivity index (χ1) is 10.9. The van der Waals surface area contributed by atoms with Gasteiger partial charge in [-0.1, -0.05) is 6.42 Å². The average molecular weight is 318 g/mol. The van der Waals surface area contributed by atoms with Crippen molar-refractivity contribution in [2.24, 2.45) is 0 Å². The molecule has 0 radical (unpaired) electrons. The molecule has 0 aliphatic carbocycles. The van der Waals surface area contributed by atoms with Crippen molar-refractivity contribution in [1.82, 2.24) is 19.6 Å². The fourth-order valence-corrected chi connectivity index (χ4v) is 3.03. The van der Waals surface area contributed by atoms with Crippen LogP contribution in [0.1, 0.15) is 59.3 Å². The summed E-state index contributed by atoms with van der Waals surface area (Å²) in [5, 5.41) is 18.2. The zero-order chi connectivity index (χ0) is 17.0. The minimum atomic E-state index is -0.884. The first-order valence-corrected chi connectivity index (χ1v) is 8.24. The molecule has 0 unspecified atom stereocenters. The predicted molar refractivity (Wildman–Crippen MR) is 88.9 cm³/mol. The summed E-state index contributed by atoms with van der Waals surface area (Å²) >= 11 is 0. The van der Waals surface area contributed by atoms with Crippen LogP contribution >= 0.6 is 0 Å². The zero-order valence-electron chi connectivity index (χ0n) is 14.5. The lowest BCUT2D eigenvalue weighted by Gasteiger charge is -2.06. The van der Waals surface area contributed by atoms with Gasteiger partial charge < -0.3 is 5.11 Å². The smallest absolute Gasteiger partial charge is 0.354 e. The zero-order valence-corrected chi connectivity index (χ0v) is 14.5. The number of nitrogens with zero attached hydrogens (tertiary/aromatic N) is 4. The third kappa shape index (κ3) is 4.00. The highest BCUT2D eigenvalue weighted by Crippen LogP contribution is 2.18. The second-order valence-corrected chi connectivity index (χ2v) is 5.99. The van der Waals surface area contributed by atoms with E-state index in [4.69, 9.17) is 0 Å². The molecule has 6 heteroatoms. The number of hydrogen-bond donors (Lipinski definition) is 1. The van der Waals surface area contributed by atoms with E-state index in [0.717, 1.165) is 49.2 Å². The van der Waals surface area contributed by atoms with E-state index in [-0.39, 0.29) is 0 Å². The molecule has 0 aliphatic heterocycles. The van der Waals surface area contributed by atoms with Gasteiger partial charge in [0, 0.05) is 24.3 Å². The summed E-state index contributed by atoms with van der Waals surface area (Å²) in [7, 11) is 0. The van der Waals surface area contributed by atoms with Gasteiger partial charge in [0.1, 0.15) is 5.69 Å². The molecule has 2 rings (SSSR count). The van der Waals surface area contributed by atoms with Gasteiger partial charge in [-0.25, -0.2) is 4.79 Å². The van der Waals surface area contributed by atoms with Gasteiger partial charge in [-0.2, -0.15) is 10.2 Å². The Hall–Kier alpha value is -2.11. The van der Waals surface area contributed by atoms with Crippen LogP contribution in [0.3, 0.4) is 0 Å². The molecule has 23 heavy (non-hydrogen) atoms. The van der Waals surface area contributed by atoms with Crippen molar-refractivity contribution in [3.05, 3.63) is 34.4 Å². The Balaban J connectivity index is 1.88. The van der Waals surface area contributed by atoms with Crippen LogP contribution in [-0.4, -0.2) is 30.6 Å². The molecule has 0 spiro atoms. The predicted octanol–water partition coefficient (Wildman–Crippen LogP) is 3.14. The van der Waals surface area contributed by atoms with Gasteiger partial charge in [0.25, 0.3) is 0 Å². The second-order valence-electron chi connectivity index (χ2n) is 5.99. The SMILES string of the molecule is CCn1nc(C)c(CCCCCn2nc(C)cc2C)c1C(=O)O. The summed E-state index contributed by atoms with van der Waals surface area (Å²) in [5.74, 6) is -0.884. The van der Waals surface area contributed by atoms with Crippen LogP contribution in [0.5, 0.6) is 0 Å². The molecular formula is C17H26N4O2. The van der Waals surface area contributed by atoms with Crippen molar-refractivity contribution < 1.29 is 9.90 Å². The van der Waals surface area contributed by atoms with Gasteiger partial charge in [-0.15, -0.1) is 0 Å². The third-order valence-electron chi connectivity index (χ3n) is 4.15. The Bertz CT molecular complexity index is 685. The second kappa shape index (κ2) is 7.44. The number of aryl methyl sites for hydroxylation is 5. The van der Waals surface area contributed by atoms with E-state index in [2.05, 4.69) is 23.2 Å². The van der Waals surface area contributed by atoms with Crippen molar-refractivity contribution in [3.63, 3.8) is 0 Å². The van der Waals surface area contributed by atoms with Gasteiger partial charge in [-0.3, -0.25) is 9.36 Å². The Morgan fingerprint density at radius 2 is 1.87 bits per heavy atom. The van der Waals surface area contributed by atoms with E-state index >= 15 is 0 Å². The van der Waals surface area contributed by atoms with E-state index in [1.54, 1.807) is 4.68 Å². The molecule has 2 aromatic heterocycles. The molecule has 6 nitrogen and oxygen atoms in total. The number of aromatic nitrogens is 4. The quantitative estimate of drug-likeness (QED) is 0.759. The van der Waals surface area contributed by atoms with Crippen LogP contribution in [0.4, 0.5) is 0 Å². The fourth-order valence-electron chi connectivity index (χ4n) is 3.03. The van der Waals surface area contributed by atoms with Gasteiger partial charge in [0.05, 0.1) is 11.4 Å². The van der Waals surface area contributed by atoms with Crippen LogP contribution < -0.4 is 0 Å². The standard InChI is InChI=1S/C17H26N4O2/c1-5-20-16(17(22)23)15(14(4)19-20)9-7-6-8-10-21-13(3)11-12(2)18-21/h11H,5-10H2,1-4H3,(H,22,23). The molecule has 2 heterocycles. The topological polar surface area (TPSA) is 72.9 Å². The highest BCUT2D eigenvalue weighted by molar-refractivity contribution is 5.87.